The minimum atomic E-state index is -0.377. The maximum Gasteiger partial charge on any atom is 0.0421 e. The Bertz CT molecular complexity index is 526. The molecular weight excluding hydrogens is 254 g/mol. The van der Waals surface area contributed by atoms with Crippen LogP contribution in [0, 0.1) is 0 Å². The molecule has 0 amide bonds. The molecule has 100 valence electrons. The quantitative estimate of drug-likeness (QED) is 0.882. The second-order valence-electron chi connectivity index (χ2n) is 5.27. The SMILES string of the molecule is CCc1ccc(CC(C)(N)c2ccc(Cl)cc2)cc1. The van der Waals surface area contributed by atoms with Crippen LogP contribution in [0.25, 0.3) is 0 Å². The predicted molar refractivity (Wildman–Crippen MR) is 82.5 cm³/mol. The molecular formula is C17H20ClN. The zero-order valence-electron chi connectivity index (χ0n) is 11.5. The van der Waals surface area contributed by atoms with Gasteiger partial charge in [-0.25, -0.2) is 0 Å². The van der Waals surface area contributed by atoms with E-state index in [0.29, 0.717) is 0 Å². The number of aryl methyl sites for hydroxylation is 1. The van der Waals surface area contributed by atoms with Gasteiger partial charge in [-0.15, -0.1) is 0 Å². The number of benzene rings is 2. The summed E-state index contributed by atoms with van der Waals surface area (Å²) in [4.78, 5) is 0. The Morgan fingerprint density at radius 1 is 0.947 bits per heavy atom. The summed E-state index contributed by atoms with van der Waals surface area (Å²) in [5.41, 5.74) is 9.80. The fourth-order valence-electron chi connectivity index (χ4n) is 2.25. The van der Waals surface area contributed by atoms with E-state index in [9.17, 15) is 0 Å². The van der Waals surface area contributed by atoms with Gasteiger partial charge in [-0.3, -0.25) is 0 Å². The standard InChI is InChI=1S/C17H20ClN/c1-3-13-4-6-14(7-5-13)12-17(2,19)15-8-10-16(18)11-9-15/h4-11H,3,12,19H2,1-2H3. The Morgan fingerprint density at radius 2 is 1.47 bits per heavy atom. The van der Waals surface area contributed by atoms with Crippen molar-refractivity contribution in [1.82, 2.24) is 0 Å². The Labute approximate surface area is 120 Å². The zero-order chi connectivity index (χ0) is 13.9. The molecule has 2 N–H and O–H groups in total. The van der Waals surface area contributed by atoms with Gasteiger partial charge in [-0.05, 0) is 48.6 Å². The smallest absolute Gasteiger partial charge is 0.0421 e. The Hall–Kier alpha value is -1.31. The van der Waals surface area contributed by atoms with Crippen LogP contribution in [-0.2, 0) is 18.4 Å². The highest BCUT2D eigenvalue weighted by Gasteiger charge is 2.21. The summed E-state index contributed by atoms with van der Waals surface area (Å²) >= 11 is 5.91. The average Bonchev–Trinajstić information content (AvgIpc) is 2.40. The summed E-state index contributed by atoms with van der Waals surface area (Å²) in [7, 11) is 0. The molecule has 1 atom stereocenters. The molecule has 0 aliphatic heterocycles. The number of halogens is 1. The molecule has 1 unspecified atom stereocenters. The first-order chi connectivity index (χ1) is 9.01. The molecule has 0 fully saturated rings. The van der Waals surface area contributed by atoms with Crippen LogP contribution in [0.5, 0.6) is 0 Å². The van der Waals surface area contributed by atoms with Crippen molar-refractivity contribution in [2.75, 3.05) is 0 Å². The second kappa shape index (κ2) is 5.77. The van der Waals surface area contributed by atoms with Crippen molar-refractivity contribution in [2.45, 2.75) is 32.2 Å². The van der Waals surface area contributed by atoms with Crippen molar-refractivity contribution < 1.29 is 0 Å². The summed E-state index contributed by atoms with van der Waals surface area (Å²) in [6.07, 6.45) is 1.88. The van der Waals surface area contributed by atoms with Gasteiger partial charge in [0.25, 0.3) is 0 Å². The Balaban J connectivity index is 2.17. The maximum atomic E-state index is 6.45. The number of hydrogen-bond acceptors (Lipinski definition) is 1. The lowest BCUT2D eigenvalue weighted by Gasteiger charge is -2.25. The van der Waals surface area contributed by atoms with E-state index in [1.165, 1.54) is 11.1 Å². The molecule has 2 rings (SSSR count). The van der Waals surface area contributed by atoms with E-state index in [0.717, 1.165) is 23.4 Å². The molecule has 0 aliphatic carbocycles. The van der Waals surface area contributed by atoms with Gasteiger partial charge in [-0.2, -0.15) is 0 Å². The Morgan fingerprint density at radius 3 is 2.00 bits per heavy atom. The normalized spacial score (nSPS) is 14.1. The largest absolute Gasteiger partial charge is 0.321 e. The van der Waals surface area contributed by atoms with E-state index >= 15 is 0 Å². The summed E-state index contributed by atoms with van der Waals surface area (Å²) in [6.45, 7) is 4.22. The van der Waals surface area contributed by atoms with Crippen LogP contribution < -0.4 is 5.73 Å². The van der Waals surface area contributed by atoms with E-state index in [1.54, 1.807) is 0 Å². The topological polar surface area (TPSA) is 26.0 Å². The Kier molecular flexibility index (Phi) is 4.28. The molecule has 0 saturated carbocycles. The lowest BCUT2D eigenvalue weighted by atomic mass is 9.86. The molecule has 0 aromatic heterocycles. The molecule has 0 spiro atoms. The van der Waals surface area contributed by atoms with Crippen LogP contribution in [0.4, 0.5) is 0 Å². The molecule has 0 saturated heterocycles. The van der Waals surface area contributed by atoms with Crippen molar-refractivity contribution in [3.63, 3.8) is 0 Å². The number of nitrogens with two attached hydrogens (primary N) is 1. The molecule has 2 heteroatoms. The minimum absolute atomic E-state index is 0.377. The third kappa shape index (κ3) is 3.59. The van der Waals surface area contributed by atoms with Gasteiger partial charge in [0.1, 0.15) is 0 Å². The molecule has 0 radical (unpaired) electrons. The summed E-state index contributed by atoms with van der Waals surface area (Å²) in [6, 6.07) is 16.5. The molecule has 1 nitrogen and oxygen atoms in total. The van der Waals surface area contributed by atoms with Gasteiger partial charge >= 0.3 is 0 Å². The highest BCUT2D eigenvalue weighted by atomic mass is 35.5. The zero-order valence-corrected chi connectivity index (χ0v) is 12.2. The summed E-state index contributed by atoms with van der Waals surface area (Å²) in [5, 5.41) is 0.742. The summed E-state index contributed by atoms with van der Waals surface area (Å²) < 4.78 is 0. The molecule has 2 aromatic rings. The van der Waals surface area contributed by atoms with E-state index in [1.807, 2.05) is 24.3 Å². The number of hydrogen-bond donors (Lipinski definition) is 1. The molecule has 0 bridgehead atoms. The fourth-order valence-corrected chi connectivity index (χ4v) is 2.38. The average molecular weight is 274 g/mol. The van der Waals surface area contributed by atoms with Gasteiger partial charge in [0.2, 0.25) is 0 Å². The first-order valence-corrected chi connectivity index (χ1v) is 7.02. The highest BCUT2D eigenvalue weighted by Crippen LogP contribution is 2.24. The van der Waals surface area contributed by atoms with Gasteiger partial charge in [0, 0.05) is 10.6 Å². The lowest BCUT2D eigenvalue weighted by Crippen LogP contribution is -2.35. The maximum absolute atomic E-state index is 6.45. The van der Waals surface area contributed by atoms with Gasteiger partial charge in [-0.1, -0.05) is 54.9 Å². The van der Waals surface area contributed by atoms with E-state index in [-0.39, 0.29) is 5.54 Å². The van der Waals surface area contributed by atoms with Crippen molar-refractivity contribution in [3.8, 4) is 0 Å². The van der Waals surface area contributed by atoms with Gasteiger partial charge in [0.05, 0.1) is 0 Å². The first-order valence-electron chi connectivity index (χ1n) is 6.64. The van der Waals surface area contributed by atoms with Gasteiger partial charge < -0.3 is 5.73 Å². The molecule has 19 heavy (non-hydrogen) atoms. The van der Waals surface area contributed by atoms with Crippen LogP contribution in [-0.4, -0.2) is 0 Å². The van der Waals surface area contributed by atoms with Crippen LogP contribution in [0.1, 0.15) is 30.5 Å². The second-order valence-corrected chi connectivity index (χ2v) is 5.71. The van der Waals surface area contributed by atoms with Crippen LogP contribution >= 0.6 is 11.6 Å². The third-order valence-corrected chi connectivity index (χ3v) is 3.76. The van der Waals surface area contributed by atoms with Crippen molar-refractivity contribution >= 4 is 11.6 Å². The van der Waals surface area contributed by atoms with Crippen molar-refractivity contribution in [1.29, 1.82) is 0 Å². The van der Waals surface area contributed by atoms with E-state index in [4.69, 9.17) is 17.3 Å². The lowest BCUT2D eigenvalue weighted by molar-refractivity contribution is 0.491. The first kappa shape index (κ1) is 14.1. The van der Waals surface area contributed by atoms with Gasteiger partial charge in [0.15, 0.2) is 0 Å². The fraction of sp³-hybridized carbons (Fsp3) is 0.294. The third-order valence-electron chi connectivity index (χ3n) is 3.51. The number of rotatable bonds is 4. The van der Waals surface area contributed by atoms with Crippen molar-refractivity contribution in [3.05, 3.63) is 70.2 Å². The van der Waals surface area contributed by atoms with E-state index < -0.39 is 0 Å². The monoisotopic (exact) mass is 273 g/mol. The molecule has 0 heterocycles. The van der Waals surface area contributed by atoms with Crippen LogP contribution in [0.3, 0.4) is 0 Å². The molecule has 2 aromatic carbocycles. The highest BCUT2D eigenvalue weighted by molar-refractivity contribution is 6.30. The van der Waals surface area contributed by atoms with Crippen LogP contribution in [0.2, 0.25) is 5.02 Å². The molecule has 0 aliphatic rings. The predicted octanol–water partition coefficient (Wildman–Crippen LogP) is 4.32. The van der Waals surface area contributed by atoms with Crippen LogP contribution in [0.15, 0.2) is 48.5 Å². The summed E-state index contributed by atoms with van der Waals surface area (Å²) in [5.74, 6) is 0. The van der Waals surface area contributed by atoms with E-state index in [2.05, 4.69) is 38.1 Å². The minimum Gasteiger partial charge on any atom is -0.321 e. The van der Waals surface area contributed by atoms with Crippen molar-refractivity contribution in [2.24, 2.45) is 5.73 Å².